The molecule has 1 unspecified atom stereocenters. The largest absolute Gasteiger partial charge is 0.454 e. The first-order valence-electron chi connectivity index (χ1n) is 7.02. The van der Waals surface area contributed by atoms with E-state index in [-0.39, 0.29) is 0 Å². The van der Waals surface area contributed by atoms with Crippen LogP contribution in [0.1, 0.15) is 0 Å². The maximum Gasteiger partial charge on any atom is 0.384 e. The first-order chi connectivity index (χ1) is 12.8. The molecule has 1 N–H and O–H groups in total. The number of aliphatic hydroxyl groups excluding tert-OH is 1. The number of hydrogen-bond donors (Lipinski definition) is 1. The van der Waals surface area contributed by atoms with E-state index in [1.807, 2.05) is 0 Å². The quantitative estimate of drug-likeness (QED) is 0.275. The topological polar surface area (TPSA) is 55.8 Å². The van der Waals surface area contributed by atoms with Gasteiger partial charge in [0.25, 0.3) is 0 Å². The molecule has 0 bridgehead atoms. The number of carbonyl (C=O) groups is 1. The van der Waals surface area contributed by atoms with E-state index in [1.165, 1.54) is 0 Å². The summed E-state index contributed by atoms with van der Waals surface area (Å²) >= 11 is 0. The van der Waals surface area contributed by atoms with Crippen LogP contribution in [0.3, 0.4) is 0 Å². The predicted octanol–water partition coefficient (Wildman–Crippen LogP) is 3.53. The molecule has 0 aliphatic heterocycles. The average Bonchev–Trinajstić information content (AvgIpc) is 2.59. The predicted molar refractivity (Wildman–Crippen MR) is 68.7 cm³/mol. The van der Waals surface area contributed by atoms with Crippen LogP contribution in [-0.4, -0.2) is 73.0 Å². The minimum atomic E-state index is -7.65. The van der Waals surface area contributed by atoms with Crippen molar-refractivity contribution in [1.82, 2.24) is 0 Å². The lowest BCUT2D eigenvalue weighted by molar-refractivity contribution is -0.415. The van der Waals surface area contributed by atoms with Crippen molar-refractivity contribution in [3.05, 3.63) is 12.7 Å². The molecule has 0 aromatic heterocycles. The van der Waals surface area contributed by atoms with E-state index < -0.39 is 67.9 Å². The third-order valence-corrected chi connectivity index (χ3v) is 3.18. The summed E-state index contributed by atoms with van der Waals surface area (Å²) in [6, 6.07) is 0. The first-order valence-corrected chi connectivity index (χ1v) is 7.02. The standard InChI is InChI=1S/C13H12F12O4/c1-2-7(27)29-6(3-26)4-28-5-9(16,17)11(20,21)13(24,25)12(22,23)10(18,19)8(14)15/h2,6,8,26H,1,3-5H2. The molecule has 1 atom stereocenters. The summed E-state index contributed by atoms with van der Waals surface area (Å²) in [5.74, 6) is -37.2. The number of halogens is 12. The highest BCUT2D eigenvalue weighted by molar-refractivity contribution is 5.81. The van der Waals surface area contributed by atoms with Crippen LogP contribution in [0, 0.1) is 0 Å². The minimum Gasteiger partial charge on any atom is -0.454 e. The molecule has 0 spiro atoms. The fourth-order valence-corrected chi connectivity index (χ4v) is 1.52. The van der Waals surface area contributed by atoms with Gasteiger partial charge in [-0.25, -0.2) is 13.6 Å². The number of hydrogen-bond acceptors (Lipinski definition) is 4. The van der Waals surface area contributed by atoms with Gasteiger partial charge in [-0.1, -0.05) is 6.58 Å². The van der Waals surface area contributed by atoms with Gasteiger partial charge in [0.1, 0.15) is 12.7 Å². The third kappa shape index (κ3) is 5.07. The van der Waals surface area contributed by atoms with E-state index in [0.717, 1.165) is 0 Å². The van der Waals surface area contributed by atoms with Gasteiger partial charge in [-0.05, 0) is 0 Å². The molecule has 0 aliphatic rings. The van der Waals surface area contributed by atoms with Gasteiger partial charge >= 0.3 is 42.0 Å². The lowest BCUT2D eigenvalue weighted by atomic mass is 9.94. The Hall–Kier alpha value is -1.71. The van der Waals surface area contributed by atoms with Crippen molar-refractivity contribution in [3.63, 3.8) is 0 Å². The number of rotatable bonds is 12. The van der Waals surface area contributed by atoms with Crippen LogP contribution in [0.4, 0.5) is 52.7 Å². The average molecular weight is 460 g/mol. The first kappa shape index (κ1) is 27.3. The second-order valence-electron chi connectivity index (χ2n) is 5.31. The summed E-state index contributed by atoms with van der Waals surface area (Å²) < 4.78 is 163. The second-order valence-corrected chi connectivity index (χ2v) is 5.31. The molecule has 0 saturated heterocycles. The van der Waals surface area contributed by atoms with Crippen LogP contribution in [0.2, 0.25) is 0 Å². The van der Waals surface area contributed by atoms with Crippen molar-refractivity contribution in [1.29, 1.82) is 0 Å². The SMILES string of the molecule is C=CC(=O)OC(CO)COCC(F)(F)C(F)(F)C(F)(F)C(F)(F)C(F)(F)C(F)F. The summed E-state index contributed by atoms with van der Waals surface area (Å²) in [5.41, 5.74) is 0. The summed E-state index contributed by atoms with van der Waals surface area (Å²) in [5, 5.41) is 8.74. The molecule has 0 aliphatic carbocycles. The molecule has 29 heavy (non-hydrogen) atoms. The Labute approximate surface area is 154 Å². The minimum absolute atomic E-state index is 0.511. The molecule has 0 radical (unpaired) electrons. The molecule has 16 heteroatoms. The third-order valence-electron chi connectivity index (χ3n) is 3.18. The van der Waals surface area contributed by atoms with Gasteiger partial charge in [0.2, 0.25) is 0 Å². The molecular weight excluding hydrogens is 448 g/mol. The highest BCUT2D eigenvalue weighted by Crippen LogP contribution is 2.58. The maximum absolute atomic E-state index is 13.4. The molecule has 0 rings (SSSR count). The van der Waals surface area contributed by atoms with Crippen molar-refractivity contribution < 1.29 is 72.1 Å². The second kappa shape index (κ2) is 8.97. The van der Waals surface area contributed by atoms with Crippen LogP contribution >= 0.6 is 0 Å². The van der Waals surface area contributed by atoms with Crippen molar-refractivity contribution in [2.45, 2.75) is 42.1 Å². The van der Waals surface area contributed by atoms with Crippen molar-refractivity contribution in [2.24, 2.45) is 0 Å². The Kier molecular flexibility index (Phi) is 8.44. The number of alkyl halides is 12. The van der Waals surface area contributed by atoms with E-state index in [9.17, 15) is 57.5 Å². The molecule has 0 amide bonds. The molecule has 0 aromatic carbocycles. The van der Waals surface area contributed by atoms with E-state index >= 15 is 0 Å². The molecule has 0 saturated carbocycles. The van der Waals surface area contributed by atoms with Crippen LogP contribution in [0.5, 0.6) is 0 Å². The van der Waals surface area contributed by atoms with Gasteiger partial charge in [-0.2, -0.15) is 43.9 Å². The molecule has 4 nitrogen and oxygen atoms in total. The maximum atomic E-state index is 13.4. The molecule has 0 heterocycles. The molecule has 0 fully saturated rings. The van der Waals surface area contributed by atoms with Crippen molar-refractivity contribution in [2.75, 3.05) is 19.8 Å². The van der Waals surface area contributed by atoms with Gasteiger partial charge in [0.15, 0.2) is 0 Å². The fourth-order valence-electron chi connectivity index (χ4n) is 1.52. The molecule has 172 valence electrons. The normalized spacial score (nSPS) is 15.4. The zero-order valence-electron chi connectivity index (χ0n) is 13.8. The van der Waals surface area contributed by atoms with E-state index in [2.05, 4.69) is 16.1 Å². The lowest BCUT2D eigenvalue weighted by Crippen LogP contribution is -2.69. The van der Waals surface area contributed by atoms with Gasteiger partial charge in [0.05, 0.1) is 13.2 Å². The van der Waals surface area contributed by atoms with E-state index in [4.69, 9.17) is 5.11 Å². The van der Waals surface area contributed by atoms with Gasteiger partial charge < -0.3 is 14.6 Å². The Morgan fingerprint density at radius 3 is 1.79 bits per heavy atom. The number of aliphatic hydroxyl groups is 1. The Bertz CT molecular complexity index is 578. The zero-order valence-corrected chi connectivity index (χ0v) is 13.8. The van der Waals surface area contributed by atoms with Gasteiger partial charge in [-0.3, -0.25) is 0 Å². The summed E-state index contributed by atoms with van der Waals surface area (Å²) in [6.45, 7) is -2.44. The summed E-state index contributed by atoms with van der Waals surface area (Å²) in [7, 11) is 0. The molecule has 0 aromatic rings. The fraction of sp³-hybridized carbons (Fsp3) is 0.769. The van der Waals surface area contributed by atoms with Crippen LogP contribution in [-0.2, 0) is 14.3 Å². The van der Waals surface area contributed by atoms with E-state index in [1.54, 1.807) is 0 Å². The van der Waals surface area contributed by atoms with Gasteiger partial charge in [-0.15, -0.1) is 0 Å². The Morgan fingerprint density at radius 1 is 0.931 bits per heavy atom. The molecular formula is C13H12F12O4. The Morgan fingerprint density at radius 2 is 1.41 bits per heavy atom. The summed E-state index contributed by atoms with van der Waals surface area (Å²) in [4.78, 5) is 10.8. The van der Waals surface area contributed by atoms with Crippen LogP contribution in [0.25, 0.3) is 0 Å². The highest BCUT2D eigenvalue weighted by atomic mass is 19.4. The number of esters is 1. The number of ether oxygens (including phenoxy) is 2. The van der Waals surface area contributed by atoms with Crippen LogP contribution in [0.15, 0.2) is 12.7 Å². The lowest BCUT2D eigenvalue weighted by Gasteiger charge is -2.39. The zero-order chi connectivity index (χ0) is 23.5. The smallest absolute Gasteiger partial charge is 0.384 e. The monoisotopic (exact) mass is 460 g/mol. The van der Waals surface area contributed by atoms with Crippen LogP contribution < -0.4 is 0 Å². The van der Waals surface area contributed by atoms with Crippen molar-refractivity contribution in [3.8, 4) is 0 Å². The summed E-state index contributed by atoms with van der Waals surface area (Å²) in [6.07, 6.45) is -6.89. The Balaban J connectivity index is 5.52. The van der Waals surface area contributed by atoms with Gasteiger partial charge in [0, 0.05) is 6.08 Å². The van der Waals surface area contributed by atoms with E-state index in [0.29, 0.717) is 6.08 Å². The highest BCUT2D eigenvalue weighted by Gasteiger charge is 2.87. The van der Waals surface area contributed by atoms with Crippen molar-refractivity contribution >= 4 is 5.97 Å². The number of carbonyl (C=O) groups excluding carboxylic acids is 1.